The van der Waals surface area contributed by atoms with Crippen molar-refractivity contribution in [3.05, 3.63) is 71.3 Å². The van der Waals surface area contributed by atoms with Gasteiger partial charge in [0.1, 0.15) is 11.6 Å². The largest absolute Gasteiger partial charge is 0.321 e. The summed E-state index contributed by atoms with van der Waals surface area (Å²) in [7, 11) is 0. The quantitative estimate of drug-likeness (QED) is 0.866. The third kappa shape index (κ3) is 2.70. The van der Waals surface area contributed by atoms with Gasteiger partial charge in [-0.3, -0.25) is 0 Å². The molecule has 3 heteroatoms. The van der Waals surface area contributed by atoms with Gasteiger partial charge in [-0.15, -0.1) is 0 Å². The van der Waals surface area contributed by atoms with Gasteiger partial charge in [-0.05, 0) is 49.3 Å². The van der Waals surface area contributed by atoms with Crippen LogP contribution in [0, 0.1) is 11.6 Å². The van der Waals surface area contributed by atoms with Gasteiger partial charge >= 0.3 is 0 Å². The van der Waals surface area contributed by atoms with E-state index >= 15 is 0 Å². The second kappa shape index (κ2) is 5.57. The first-order valence-corrected chi connectivity index (χ1v) is 7.38. The highest BCUT2D eigenvalue weighted by Crippen LogP contribution is 2.43. The summed E-state index contributed by atoms with van der Waals surface area (Å²) in [6.45, 7) is 0. The summed E-state index contributed by atoms with van der Waals surface area (Å²) in [5.74, 6) is -0.635. The lowest BCUT2D eigenvalue weighted by Crippen LogP contribution is -2.41. The lowest BCUT2D eigenvalue weighted by Gasteiger charge is -2.38. The van der Waals surface area contributed by atoms with Gasteiger partial charge in [0.05, 0.1) is 0 Å². The van der Waals surface area contributed by atoms with Gasteiger partial charge < -0.3 is 5.73 Å². The van der Waals surface area contributed by atoms with E-state index in [1.165, 1.54) is 23.8 Å². The highest BCUT2D eigenvalue weighted by atomic mass is 19.1. The smallest absolute Gasteiger partial charge is 0.131 e. The molecule has 1 fully saturated rings. The highest BCUT2D eigenvalue weighted by Gasteiger charge is 2.37. The second-order valence-electron chi connectivity index (χ2n) is 5.94. The monoisotopic (exact) mass is 287 g/mol. The molecule has 1 nitrogen and oxygen atoms in total. The van der Waals surface area contributed by atoms with Crippen LogP contribution in [0.4, 0.5) is 8.78 Å². The molecule has 110 valence electrons. The maximum Gasteiger partial charge on any atom is 0.131 e. The molecule has 1 aliphatic carbocycles. The maximum atomic E-state index is 14.0. The molecule has 2 aromatic rings. The van der Waals surface area contributed by atoms with Gasteiger partial charge in [-0.2, -0.15) is 0 Å². The lowest BCUT2D eigenvalue weighted by atomic mass is 9.71. The molecule has 0 aromatic heterocycles. The fourth-order valence-corrected chi connectivity index (χ4v) is 3.41. The van der Waals surface area contributed by atoms with Crippen LogP contribution in [0.25, 0.3) is 0 Å². The Morgan fingerprint density at radius 2 is 1.43 bits per heavy atom. The Kier molecular flexibility index (Phi) is 3.77. The normalized spacial score (nSPS) is 25.8. The average molecular weight is 287 g/mol. The molecule has 0 saturated heterocycles. The van der Waals surface area contributed by atoms with E-state index in [1.54, 1.807) is 0 Å². The van der Waals surface area contributed by atoms with Crippen LogP contribution >= 0.6 is 0 Å². The molecular formula is C18H19F2N. The highest BCUT2D eigenvalue weighted by molar-refractivity contribution is 5.29. The lowest BCUT2D eigenvalue weighted by molar-refractivity contribution is 0.261. The molecule has 21 heavy (non-hydrogen) atoms. The van der Waals surface area contributed by atoms with Crippen LogP contribution in [-0.2, 0) is 5.54 Å². The summed E-state index contributed by atoms with van der Waals surface area (Å²) in [5.41, 5.74) is 6.79. The van der Waals surface area contributed by atoms with Crippen molar-refractivity contribution in [3.63, 3.8) is 0 Å². The van der Waals surface area contributed by atoms with Crippen molar-refractivity contribution in [3.8, 4) is 0 Å². The molecule has 0 bridgehead atoms. The van der Waals surface area contributed by atoms with E-state index in [9.17, 15) is 8.78 Å². The van der Waals surface area contributed by atoms with Crippen molar-refractivity contribution in [2.75, 3.05) is 0 Å². The summed E-state index contributed by atoms with van der Waals surface area (Å²) in [6, 6.07) is 14.2. The van der Waals surface area contributed by atoms with Crippen LogP contribution < -0.4 is 5.73 Å². The first-order chi connectivity index (χ1) is 10.1. The Morgan fingerprint density at radius 3 is 2.00 bits per heavy atom. The number of hydrogen-bond donors (Lipinski definition) is 1. The van der Waals surface area contributed by atoms with Gasteiger partial charge in [0, 0.05) is 11.1 Å². The van der Waals surface area contributed by atoms with Crippen molar-refractivity contribution in [2.45, 2.75) is 37.1 Å². The SMILES string of the molecule is NC1(c2c(F)cccc2F)CCC(c2ccccc2)CC1. The average Bonchev–Trinajstić information content (AvgIpc) is 2.48. The molecule has 1 aliphatic rings. The molecule has 0 amide bonds. The van der Waals surface area contributed by atoms with Crippen molar-refractivity contribution in [2.24, 2.45) is 5.73 Å². The van der Waals surface area contributed by atoms with E-state index in [1.807, 2.05) is 18.2 Å². The number of hydrogen-bond acceptors (Lipinski definition) is 1. The summed E-state index contributed by atoms with van der Waals surface area (Å²) in [5, 5.41) is 0. The van der Waals surface area contributed by atoms with Gasteiger partial charge in [0.25, 0.3) is 0 Å². The van der Waals surface area contributed by atoms with Crippen LogP contribution in [-0.4, -0.2) is 0 Å². The zero-order valence-electron chi connectivity index (χ0n) is 11.9. The topological polar surface area (TPSA) is 26.0 Å². The molecule has 0 atom stereocenters. The second-order valence-corrected chi connectivity index (χ2v) is 5.94. The Morgan fingerprint density at radius 1 is 0.857 bits per heavy atom. The molecule has 3 rings (SSSR count). The first kappa shape index (κ1) is 14.2. The van der Waals surface area contributed by atoms with E-state index < -0.39 is 17.2 Å². The summed E-state index contributed by atoms with van der Waals surface area (Å²) >= 11 is 0. The first-order valence-electron chi connectivity index (χ1n) is 7.38. The van der Waals surface area contributed by atoms with E-state index in [0.717, 1.165) is 12.8 Å². The molecule has 1 saturated carbocycles. The summed E-state index contributed by atoms with van der Waals surface area (Å²) < 4.78 is 28.0. The minimum Gasteiger partial charge on any atom is -0.321 e. The maximum absolute atomic E-state index is 14.0. The van der Waals surface area contributed by atoms with Gasteiger partial charge in [0.15, 0.2) is 0 Å². The van der Waals surface area contributed by atoms with Crippen LogP contribution in [0.15, 0.2) is 48.5 Å². The zero-order valence-corrected chi connectivity index (χ0v) is 11.9. The number of rotatable bonds is 2. The Hall–Kier alpha value is -1.74. The predicted octanol–water partition coefficient (Wildman–Crippen LogP) is 4.48. The molecular weight excluding hydrogens is 268 g/mol. The molecule has 2 aromatic carbocycles. The van der Waals surface area contributed by atoms with Crippen molar-refractivity contribution >= 4 is 0 Å². The molecule has 0 spiro atoms. The van der Waals surface area contributed by atoms with Gasteiger partial charge in [0.2, 0.25) is 0 Å². The fourth-order valence-electron chi connectivity index (χ4n) is 3.41. The Balaban J connectivity index is 1.81. The van der Waals surface area contributed by atoms with Crippen molar-refractivity contribution in [1.29, 1.82) is 0 Å². The van der Waals surface area contributed by atoms with E-state index in [4.69, 9.17) is 5.73 Å². The third-order valence-corrected chi connectivity index (χ3v) is 4.61. The van der Waals surface area contributed by atoms with Crippen LogP contribution in [0.2, 0.25) is 0 Å². The summed E-state index contributed by atoms with van der Waals surface area (Å²) in [6.07, 6.45) is 2.91. The third-order valence-electron chi connectivity index (χ3n) is 4.61. The Labute approximate surface area is 123 Å². The van der Waals surface area contributed by atoms with Crippen molar-refractivity contribution in [1.82, 2.24) is 0 Å². The molecule has 2 N–H and O–H groups in total. The summed E-state index contributed by atoms with van der Waals surface area (Å²) in [4.78, 5) is 0. The number of benzene rings is 2. The zero-order chi connectivity index (χ0) is 14.9. The van der Waals surface area contributed by atoms with Crippen molar-refractivity contribution < 1.29 is 8.78 Å². The fraction of sp³-hybridized carbons (Fsp3) is 0.333. The molecule has 0 unspecified atom stereocenters. The van der Waals surface area contributed by atoms with E-state index in [2.05, 4.69) is 12.1 Å². The number of nitrogens with two attached hydrogens (primary N) is 1. The minimum absolute atomic E-state index is 0.0523. The van der Waals surface area contributed by atoms with Gasteiger partial charge in [-0.1, -0.05) is 36.4 Å². The Bertz CT molecular complexity index is 596. The van der Waals surface area contributed by atoms with Gasteiger partial charge in [-0.25, -0.2) is 8.78 Å². The molecule has 0 radical (unpaired) electrons. The number of halogens is 2. The van der Waals surface area contributed by atoms with Crippen LogP contribution in [0.1, 0.15) is 42.7 Å². The molecule has 0 aliphatic heterocycles. The standard InChI is InChI=1S/C18H19F2N/c19-15-7-4-8-16(20)17(15)18(21)11-9-14(10-12-18)13-5-2-1-3-6-13/h1-8,14H,9-12,21H2. The predicted molar refractivity (Wildman–Crippen MR) is 79.9 cm³/mol. The van der Waals surface area contributed by atoms with E-state index in [0.29, 0.717) is 18.8 Å². The van der Waals surface area contributed by atoms with Crippen LogP contribution in [0.5, 0.6) is 0 Å². The van der Waals surface area contributed by atoms with E-state index in [-0.39, 0.29) is 5.56 Å². The minimum atomic E-state index is -0.888. The molecule has 0 heterocycles. The van der Waals surface area contributed by atoms with Crippen LogP contribution in [0.3, 0.4) is 0 Å².